The molecule has 1 aromatic carbocycles. The molecular weight excluding hydrogens is 464 g/mol. The number of fused-ring (bicyclic) bond motifs is 2. The molecule has 0 spiro atoms. The van der Waals surface area contributed by atoms with Gasteiger partial charge in [-0.2, -0.15) is 15.3 Å². The number of pyridine rings is 1. The number of nitriles is 1. The van der Waals surface area contributed by atoms with E-state index in [1.807, 2.05) is 49.7 Å². The first kappa shape index (κ1) is 22.6. The Morgan fingerprint density at radius 2 is 1.97 bits per heavy atom. The number of benzene rings is 1. The largest absolute Gasteiger partial charge is 0.383 e. The Hall–Kier alpha value is -4.16. The summed E-state index contributed by atoms with van der Waals surface area (Å²) in [4.78, 5) is 21.6. The van der Waals surface area contributed by atoms with Crippen LogP contribution in [-0.4, -0.2) is 28.9 Å². The average molecular weight is 487 g/mol. The van der Waals surface area contributed by atoms with Crippen LogP contribution in [0, 0.1) is 17.2 Å². The second-order valence-electron chi connectivity index (χ2n) is 8.97. The van der Waals surface area contributed by atoms with E-state index in [2.05, 4.69) is 11.1 Å². The lowest BCUT2D eigenvalue weighted by Gasteiger charge is -2.10. The predicted octanol–water partition coefficient (Wildman–Crippen LogP) is 3.96. The van der Waals surface area contributed by atoms with Crippen LogP contribution in [0.4, 0.5) is 5.82 Å². The first-order chi connectivity index (χ1) is 16.7. The summed E-state index contributed by atoms with van der Waals surface area (Å²) in [6, 6.07) is 13.4. The number of nitrogens with zero attached hydrogens (tertiary/aromatic N) is 7. The van der Waals surface area contributed by atoms with Gasteiger partial charge >= 0.3 is 5.69 Å². The topological polar surface area (TPSA) is 120 Å². The SMILES string of the molecule is CC(C)Cn1c(=O)nc(N)c2c(-c3cc(C#N)cn3C)n(Cc3ccc4cc(Cl)ccc4n3)nc21. The first-order valence-corrected chi connectivity index (χ1v) is 11.5. The molecule has 4 heterocycles. The summed E-state index contributed by atoms with van der Waals surface area (Å²) in [6.07, 6.45) is 1.74. The van der Waals surface area contributed by atoms with Crippen molar-refractivity contribution in [2.75, 3.05) is 5.73 Å². The van der Waals surface area contributed by atoms with Gasteiger partial charge in [0.2, 0.25) is 0 Å². The van der Waals surface area contributed by atoms with Gasteiger partial charge in [-0.05, 0) is 36.2 Å². The van der Waals surface area contributed by atoms with E-state index in [4.69, 9.17) is 27.4 Å². The standard InChI is InChI=1S/C25H23ClN8O/c1-14(2)11-33-24-21(23(28)30-25(33)35)22(20-8-15(10-27)12-32(20)3)34(31-24)13-18-6-4-16-9-17(26)5-7-19(16)29-18/h4-9,12,14H,11,13H2,1-3H3,(H2,28,30,35). The first-order valence-electron chi connectivity index (χ1n) is 11.1. The minimum atomic E-state index is -0.440. The highest BCUT2D eigenvalue weighted by Gasteiger charge is 2.24. The molecule has 4 aromatic heterocycles. The number of nitrogen functional groups attached to an aromatic ring is 1. The number of hydrogen-bond donors (Lipinski definition) is 1. The van der Waals surface area contributed by atoms with Crippen molar-refractivity contribution in [3.63, 3.8) is 0 Å². The summed E-state index contributed by atoms with van der Waals surface area (Å²) in [7, 11) is 1.85. The van der Waals surface area contributed by atoms with Gasteiger partial charge in [0, 0.05) is 30.2 Å². The summed E-state index contributed by atoms with van der Waals surface area (Å²) in [6.45, 7) is 4.82. The monoisotopic (exact) mass is 486 g/mol. The number of aryl methyl sites for hydroxylation is 1. The molecule has 10 heteroatoms. The highest BCUT2D eigenvalue weighted by atomic mass is 35.5. The lowest BCUT2D eigenvalue weighted by molar-refractivity contribution is 0.511. The highest BCUT2D eigenvalue weighted by Crippen LogP contribution is 2.33. The van der Waals surface area contributed by atoms with Crippen LogP contribution in [0.3, 0.4) is 0 Å². The molecule has 0 saturated carbocycles. The number of aromatic nitrogens is 6. The van der Waals surface area contributed by atoms with Crippen LogP contribution in [0.2, 0.25) is 5.02 Å². The number of rotatable bonds is 5. The van der Waals surface area contributed by atoms with Crippen molar-refractivity contribution in [1.29, 1.82) is 5.26 Å². The highest BCUT2D eigenvalue weighted by molar-refractivity contribution is 6.31. The fourth-order valence-electron chi connectivity index (χ4n) is 4.33. The van der Waals surface area contributed by atoms with Crippen molar-refractivity contribution < 1.29 is 0 Å². The molecule has 0 amide bonds. The van der Waals surface area contributed by atoms with Crippen molar-refractivity contribution in [1.82, 2.24) is 28.9 Å². The third-order valence-corrected chi connectivity index (χ3v) is 6.07. The summed E-state index contributed by atoms with van der Waals surface area (Å²) in [5.74, 6) is 0.302. The van der Waals surface area contributed by atoms with E-state index in [1.165, 1.54) is 0 Å². The van der Waals surface area contributed by atoms with Crippen molar-refractivity contribution >= 4 is 39.4 Å². The third kappa shape index (κ3) is 4.02. The molecule has 0 atom stereocenters. The van der Waals surface area contributed by atoms with Crippen molar-refractivity contribution in [3.8, 4) is 17.5 Å². The maximum atomic E-state index is 12.7. The maximum Gasteiger partial charge on any atom is 0.351 e. The van der Waals surface area contributed by atoms with Gasteiger partial charge in [0.05, 0.1) is 40.1 Å². The molecule has 5 rings (SSSR count). The molecule has 0 aliphatic rings. The zero-order chi connectivity index (χ0) is 24.9. The molecule has 9 nitrogen and oxygen atoms in total. The van der Waals surface area contributed by atoms with Crippen molar-refractivity contribution in [2.45, 2.75) is 26.9 Å². The van der Waals surface area contributed by atoms with E-state index in [-0.39, 0.29) is 11.7 Å². The molecule has 0 aliphatic carbocycles. The van der Waals surface area contributed by atoms with Gasteiger partial charge in [0.25, 0.3) is 0 Å². The Labute approximate surface area is 206 Å². The smallest absolute Gasteiger partial charge is 0.351 e. The van der Waals surface area contributed by atoms with Gasteiger partial charge in [0.15, 0.2) is 5.65 Å². The fourth-order valence-corrected chi connectivity index (χ4v) is 4.51. The Morgan fingerprint density at radius 1 is 1.17 bits per heavy atom. The Bertz CT molecular complexity index is 1700. The molecule has 0 aliphatic heterocycles. The molecule has 2 N–H and O–H groups in total. The number of hydrogen-bond acceptors (Lipinski definition) is 6. The molecule has 0 bridgehead atoms. The molecule has 35 heavy (non-hydrogen) atoms. The maximum absolute atomic E-state index is 12.7. The second kappa shape index (κ2) is 8.56. The van der Waals surface area contributed by atoms with Gasteiger partial charge in [-0.15, -0.1) is 0 Å². The molecule has 0 unspecified atom stereocenters. The van der Waals surface area contributed by atoms with E-state index >= 15 is 0 Å². The summed E-state index contributed by atoms with van der Waals surface area (Å²) in [5.41, 5.74) is 9.81. The number of nitrogens with two attached hydrogens (primary N) is 1. The summed E-state index contributed by atoms with van der Waals surface area (Å²) in [5, 5.41) is 16.4. The average Bonchev–Trinajstić information content (AvgIpc) is 3.36. The Balaban J connectivity index is 1.76. The number of anilines is 1. The molecular formula is C25H23ClN8O. The van der Waals surface area contributed by atoms with Gasteiger partial charge in [-0.25, -0.2) is 4.79 Å². The summed E-state index contributed by atoms with van der Waals surface area (Å²) < 4.78 is 5.18. The quantitative estimate of drug-likeness (QED) is 0.401. The van der Waals surface area contributed by atoms with Crippen LogP contribution in [0.15, 0.2) is 47.4 Å². The second-order valence-corrected chi connectivity index (χ2v) is 9.40. The minimum absolute atomic E-state index is 0.104. The zero-order valence-electron chi connectivity index (χ0n) is 19.5. The van der Waals surface area contributed by atoms with Crippen LogP contribution in [-0.2, 0) is 20.1 Å². The molecule has 0 radical (unpaired) electrons. The van der Waals surface area contributed by atoms with E-state index in [0.29, 0.717) is 40.4 Å². The lowest BCUT2D eigenvalue weighted by atomic mass is 10.1. The van der Waals surface area contributed by atoms with Crippen LogP contribution >= 0.6 is 11.6 Å². The van der Waals surface area contributed by atoms with Gasteiger partial charge < -0.3 is 10.3 Å². The molecule has 176 valence electrons. The zero-order valence-corrected chi connectivity index (χ0v) is 20.3. The molecule has 0 saturated heterocycles. The minimum Gasteiger partial charge on any atom is -0.383 e. The molecule has 0 fully saturated rings. The predicted molar refractivity (Wildman–Crippen MR) is 136 cm³/mol. The summed E-state index contributed by atoms with van der Waals surface area (Å²) >= 11 is 6.12. The lowest BCUT2D eigenvalue weighted by Crippen LogP contribution is -2.26. The molecule has 5 aromatic rings. The third-order valence-electron chi connectivity index (χ3n) is 5.84. The number of halogens is 1. The van der Waals surface area contributed by atoms with Crippen LogP contribution in [0.1, 0.15) is 25.1 Å². The van der Waals surface area contributed by atoms with E-state index in [9.17, 15) is 10.1 Å². The van der Waals surface area contributed by atoms with Crippen LogP contribution < -0.4 is 11.4 Å². The normalized spacial score (nSPS) is 11.5. The Kier molecular flexibility index (Phi) is 5.53. The van der Waals surface area contributed by atoms with Crippen LogP contribution in [0.25, 0.3) is 33.3 Å². The van der Waals surface area contributed by atoms with E-state index in [1.54, 1.807) is 27.6 Å². The van der Waals surface area contributed by atoms with Crippen molar-refractivity contribution in [3.05, 3.63) is 69.4 Å². The van der Waals surface area contributed by atoms with Gasteiger partial charge in [0.1, 0.15) is 11.9 Å². The van der Waals surface area contributed by atoms with Crippen molar-refractivity contribution in [2.24, 2.45) is 13.0 Å². The van der Waals surface area contributed by atoms with Crippen LogP contribution in [0.5, 0.6) is 0 Å². The van der Waals surface area contributed by atoms with Gasteiger partial charge in [-0.1, -0.05) is 31.5 Å². The fraction of sp³-hybridized carbons (Fsp3) is 0.240. The van der Waals surface area contributed by atoms with Gasteiger partial charge in [-0.3, -0.25) is 14.2 Å². The van der Waals surface area contributed by atoms with E-state index < -0.39 is 5.69 Å². The van der Waals surface area contributed by atoms with E-state index in [0.717, 1.165) is 22.3 Å². The Morgan fingerprint density at radius 3 is 2.69 bits per heavy atom.